The molecule has 0 aromatic carbocycles. The highest BCUT2D eigenvalue weighted by molar-refractivity contribution is 5.78. The van der Waals surface area contributed by atoms with Crippen molar-refractivity contribution in [2.45, 2.75) is 58.0 Å². The summed E-state index contributed by atoms with van der Waals surface area (Å²) in [5.41, 5.74) is 2.38. The maximum atomic E-state index is 12.3. The van der Waals surface area contributed by atoms with Crippen molar-refractivity contribution in [2.75, 3.05) is 19.6 Å². The average molecular weight is 357 g/mol. The standard InChI is InChI=1S/C19H27N5O2/c1-14-11-17-20-15(12-19(26)24(17)21-14)13-23-8-3-2-5-16(23)7-10-22-9-4-6-18(22)25/h11-12,16,21H,2-10,13H2,1H3. The van der Waals surface area contributed by atoms with Crippen molar-refractivity contribution in [3.63, 3.8) is 0 Å². The van der Waals surface area contributed by atoms with Gasteiger partial charge in [-0.3, -0.25) is 19.6 Å². The lowest BCUT2D eigenvalue weighted by molar-refractivity contribution is -0.127. The Bertz CT molecular complexity index is 855. The monoisotopic (exact) mass is 357 g/mol. The fourth-order valence-corrected chi connectivity index (χ4v) is 4.29. The number of carbonyl (C=O) groups excluding carboxylic acids is 1. The number of fused-ring (bicyclic) bond motifs is 1. The van der Waals surface area contributed by atoms with Crippen molar-refractivity contribution in [2.24, 2.45) is 0 Å². The second kappa shape index (κ2) is 7.23. The molecule has 2 aliphatic heterocycles. The van der Waals surface area contributed by atoms with E-state index in [-0.39, 0.29) is 5.56 Å². The quantitative estimate of drug-likeness (QED) is 0.884. The van der Waals surface area contributed by atoms with E-state index in [1.165, 1.54) is 17.4 Å². The van der Waals surface area contributed by atoms with Crippen molar-refractivity contribution >= 4 is 11.6 Å². The highest BCUT2D eigenvalue weighted by atomic mass is 16.2. The third-order valence-corrected chi connectivity index (χ3v) is 5.65. The van der Waals surface area contributed by atoms with Gasteiger partial charge in [-0.05, 0) is 39.2 Å². The molecule has 1 amide bonds. The van der Waals surface area contributed by atoms with Crippen LogP contribution in [-0.2, 0) is 11.3 Å². The summed E-state index contributed by atoms with van der Waals surface area (Å²) in [5, 5.41) is 3.01. The summed E-state index contributed by atoms with van der Waals surface area (Å²) in [6.45, 7) is 5.42. The van der Waals surface area contributed by atoms with E-state index in [1.807, 2.05) is 17.9 Å². The van der Waals surface area contributed by atoms with Crippen LogP contribution in [0.25, 0.3) is 5.65 Å². The van der Waals surface area contributed by atoms with Crippen LogP contribution in [0.15, 0.2) is 16.9 Å². The van der Waals surface area contributed by atoms with Crippen molar-refractivity contribution in [3.05, 3.63) is 33.9 Å². The van der Waals surface area contributed by atoms with E-state index >= 15 is 0 Å². The molecular weight excluding hydrogens is 330 g/mol. The zero-order valence-electron chi connectivity index (χ0n) is 15.4. The summed E-state index contributed by atoms with van der Waals surface area (Å²) in [4.78, 5) is 33.3. The van der Waals surface area contributed by atoms with E-state index in [9.17, 15) is 9.59 Å². The molecule has 26 heavy (non-hydrogen) atoms. The fourth-order valence-electron chi connectivity index (χ4n) is 4.29. The van der Waals surface area contributed by atoms with Gasteiger partial charge in [-0.2, -0.15) is 0 Å². The SMILES string of the molecule is Cc1cc2nc(CN3CCCCC3CCN3CCCC3=O)cc(=O)n2[nH]1. The zero-order chi connectivity index (χ0) is 18.1. The van der Waals surface area contributed by atoms with E-state index in [0.717, 1.165) is 50.3 Å². The van der Waals surface area contributed by atoms with Gasteiger partial charge in [0.15, 0.2) is 5.65 Å². The van der Waals surface area contributed by atoms with Gasteiger partial charge in [-0.15, -0.1) is 0 Å². The Morgan fingerprint density at radius 1 is 1.19 bits per heavy atom. The van der Waals surface area contributed by atoms with Gasteiger partial charge in [0, 0.05) is 49.9 Å². The Hall–Kier alpha value is -2.15. The molecule has 1 atom stereocenters. The number of aromatic amines is 1. The average Bonchev–Trinajstić information content (AvgIpc) is 3.19. The van der Waals surface area contributed by atoms with Gasteiger partial charge in [0.2, 0.25) is 5.91 Å². The maximum absolute atomic E-state index is 12.3. The van der Waals surface area contributed by atoms with Gasteiger partial charge in [-0.25, -0.2) is 9.50 Å². The maximum Gasteiger partial charge on any atom is 0.272 e. The van der Waals surface area contributed by atoms with E-state index in [0.29, 0.717) is 30.6 Å². The number of nitrogens with zero attached hydrogens (tertiary/aromatic N) is 4. The van der Waals surface area contributed by atoms with E-state index in [2.05, 4.69) is 15.0 Å². The van der Waals surface area contributed by atoms with E-state index < -0.39 is 0 Å². The summed E-state index contributed by atoms with van der Waals surface area (Å²) in [6, 6.07) is 4.00. The van der Waals surface area contributed by atoms with E-state index in [1.54, 1.807) is 6.07 Å². The lowest BCUT2D eigenvalue weighted by Crippen LogP contribution is -2.41. The fraction of sp³-hybridized carbons (Fsp3) is 0.632. The van der Waals surface area contributed by atoms with Crippen molar-refractivity contribution in [1.82, 2.24) is 24.4 Å². The molecule has 140 valence electrons. The van der Waals surface area contributed by atoms with Gasteiger partial charge in [0.25, 0.3) is 5.56 Å². The number of rotatable bonds is 5. The summed E-state index contributed by atoms with van der Waals surface area (Å²) < 4.78 is 1.49. The number of aryl methyl sites for hydroxylation is 1. The molecule has 0 bridgehead atoms. The topological polar surface area (TPSA) is 73.7 Å². The van der Waals surface area contributed by atoms with Crippen LogP contribution < -0.4 is 5.56 Å². The minimum atomic E-state index is -0.0608. The molecule has 2 aromatic rings. The Labute approximate surface area is 153 Å². The minimum Gasteiger partial charge on any atom is -0.343 e. The number of carbonyl (C=O) groups is 1. The van der Waals surface area contributed by atoms with Crippen molar-refractivity contribution < 1.29 is 4.79 Å². The third kappa shape index (κ3) is 3.53. The predicted octanol–water partition coefficient (Wildman–Crippen LogP) is 1.70. The molecular formula is C19H27N5O2. The normalized spacial score (nSPS) is 21.8. The second-order valence-corrected chi connectivity index (χ2v) is 7.61. The molecule has 7 nitrogen and oxygen atoms in total. The minimum absolute atomic E-state index is 0.0608. The smallest absolute Gasteiger partial charge is 0.272 e. The summed E-state index contributed by atoms with van der Waals surface area (Å²) in [7, 11) is 0. The van der Waals surface area contributed by atoms with Crippen LogP contribution in [0.2, 0.25) is 0 Å². The number of hydrogen-bond acceptors (Lipinski definition) is 4. The van der Waals surface area contributed by atoms with Crippen molar-refractivity contribution in [1.29, 1.82) is 0 Å². The lowest BCUT2D eigenvalue weighted by Gasteiger charge is -2.36. The van der Waals surface area contributed by atoms with Crippen LogP contribution in [0.4, 0.5) is 0 Å². The van der Waals surface area contributed by atoms with Gasteiger partial charge < -0.3 is 4.90 Å². The van der Waals surface area contributed by atoms with Gasteiger partial charge in [0.1, 0.15) is 0 Å². The number of nitrogens with one attached hydrogen (secondary N) is 1. The van der Waals surface area contributed by atoms with Gasteiger partial charge in [0.05, 0.1) is 5.69 Å². The number of hydrogen-bond donors (Lipinski definition) is 1. The summed E-state index contributed by atoms with van der Waals surface area (Å²) in [5.74, 6) is 0.301. The summed E-state index contributed by atoms with van der Waals surface area (Å²) >= 11 is 0. The summed E-state index contributed by atoms with van der Waals surface area (Å²) in [6.07, 6.45) is 6.29. The third-order valence-electron chi connectivity index (χ3n) is 5.65. The first-order chi connectivity index (χ1) is 12.6. The van der Waals surface area contributed by atoms with Crippen LogP contribution in [0, 0.1) is 6.92 Å². The van der Waals surface area contributed by atoms with E-state index in [4.69, 9.17) is 0 Å². The number of H-pyrrole nitrogens is 1. The van der Waals surface area contributed by atoms with Gasteiger partial charge in [-0.1, -0.05) is 6.42 Å². The first kappa shape index (κ1) is 17.3. The predicted molar refractivity (Wildman–Crippen MR) is 99.0 cm³/mol. The number of piperidine rings is 1. The molecule has 0 spiro atoms. The number of aromatic nitrogens is 3. The van der Waals surface area contributed by atoms with Crippen LogP contribution in [0.5, 0.6) is 0 Å². The molecule has 2 saturated heterocycles. The highest BCUT2D eigenvalue weighted by Crippen LogP contribution is 2.23. The van der Waals surface area contributed by atoms with Crippen LogP contribution in [0.1, 0.15) is 49.9 Å². The molecule has 7 heteroatoms. The number of amides is 1. The Balaban J connectivity index is 1.46. The van der Waals surface area contributed by atoms with Crippen LogP contribution in [0.3, 0.4) is 0 Å². The Morgan fingerprint density at radius 3 is 2.88 bits per heavy atom. The first-order valence-corrected chi connectivity index (χ1v) is 9.70. The van der Waals surface area contributed by atoms with Crippen LogP contribution in [-0.4, -0.2) is 56.0 Å². The van der Waals surface area contributed by atoms with Gasteiger partial charge >= 0.3 is 0 Å². The lowest BCUT2D eigenvalue weighted by atomic mass is 9.99. The molecule has 1 N–H and O–H groups in total. The molecule has 1 unspecified atom stereocenters. The molecule has 2 aromatic heterocycles. The zero-order valence-corrected chi connectivity index (χ0v) is 15.4. The Kier molecular flexibility index (Phi) is 4.80. The largest absolute Gasteiger partial charge is 0.343 e. The van der Waals surface area contributed by atoms with Crippen LogP contribution >= 0.6 is 0 Å². The molecule has 0 aliphatic carbocycles. The van der Waals surface area contributed by atoms with Crippen molar-refractivity contribution in [3.8, 4) is 0 Å². The Morgan fingerprint density at radius 2 is 2.08 bits per heavy atom. The number of likely N-dealkylation sites (tertiary alicyclic amines) is 2. The second-order valence-electron chi connectivity index (χ2n) is 7.61. The highest BCUT2D eigenvalue weighted by Gasteiger charge is 2.26. The molecule has 0 saturated carbocycles. The molecule has 4 rings (SSSR count). The first-order valence-electron chi connectivity index (χ1n) is 9.70. The molecule has 2 aliphatic rings. The molecule has 2 fully saturated rings. The molecule has 4 heterocycles. The molecule has 0 radical (unpaired) electrons.